The number of rotatable bonds is 4. The molecule has 0 aromatic heterocycles. The number of aromatic hydroxyl groups is 1. The molecule has 2 aromatic carbocycles. The summed E-state index contributed by atoms with van der Waals surface area (Å²) in [7, 11) is 0. The molecule has 1 saturated heterocycles. The Morgan fingerprint density at radius 2 is 1.83 bits per heavy atom. The van der Waals surface area contributed by atoms with Gasteiger partial charge < -0.3 is 14.7 Å². The fraction of sp³-hybridized carbons (Fsp3) is 0.350. The van der Waals surface area contributed by atoms with E-state index in [1.54, 1.807) is 0 Å². The first-order valence-corrected chi connectivity index (χ1v) is 8.35. The number of aryl methyl sites for hydroxylation is 1. The molecule has 1 heterocycles. The van der Waals surface area contributed by atoms with Crippen LogP contribution < -0.4 is 0 Å². The first kappa shape index (κ1) is 16.5. The normalized spacial score (nSPS) is 16.0. The average Bonchev–Trinajstić information content (AvgIpc) is 2.63. The van der Waals surface area contributed by atoms with E-state index in [1.165, 1.54) is 0 Å². The number of carbonyl (C=O) groups excluding carboxylic acids is 1. The van der Waals surface area contributed by atoms with Crippen molar-refractivity contribution in [3.8, 4) is 5.75 Å². The van der Waals surface area contributed by atoms with Crippen molar-refractivity contribution in [1.82, 2.24) is 4.90 Å². The lowest BCUT2D eigenvalue weighted by Crippen LogP contribution is -2.41. The van der Waals surface area contributed by atoms with Crippen LogP contribution in [0.15, 0.2) is 48.5 Å². The molecule has 126 valence electrons. The number of benzene rings is 2. The van der Waals surface area contributed by atoms with E-state index in [0.29, 0.717) is 32.7 Å². The summed E-state index contributed by atoms with van der Waals surface area (Å²) in [5.41, 5.74) is 2.68. The molecule has 2 aromatic rings. The van der Waals surface area contributed by atoms with Crippen LogP contribution in [-0.2, 0) is 9.53 Å². The highest BCUT2D eigenvalue weighted by atomic mass is 16.5. The maximum Gasteiger partial charge on any atom is 0.223 e. The van der Waals surface area contributed by atoms with Gasteiger partial charge in [-0.1, -0.05) is 48.5 Å². The fourth-order valence-electron chi connectivity index (χ4n) is 3.17. The van der Waals surface area contributed by atoms with Crippen molar-refractivity contribution in [3.63, 3.8) is 0 Å². The number of carbonyl (C=O) groups is 1. The maximum absolute atomic E-state index is 12.7. The van der Waals surface area contributed by atoms with Crippen molar-refractivity contribution in [1.29, 1.82) is 0 Å². The summed E-state index contributed by atoms with van der Waals surface area (Å²) in [4.78, 5) is 14.6. The van der Waals surface area contributed by atoms with E-state index in [9.17, 15) is 9.90 Å². The smallest absolute Gasteiger partial charge is 0.223 e. The van der Waals surface area contributed by atoms with Crippen molar-refractivity contribution < 1.29 is 14.6 Å². The summed E-state index contributed by atoms with van der Waals surface area (Å²) >= 11 is 0. The molecule has 0 saturated carbocycles. The molecule has 1 fully saturated rings. The van der Waals surface area contributed by atoms with Crippen LogP contribution in [0, 0.1) is 6.92 Å². The molecular formula is C20H23NO3. The number of morpholine rings is 1. The van der Waals surface area contributed by atoms with Gasteiger partial charge in [0.15, 0.2) is 0 Å². The molecule has 0 radical (unpaired) electrons. The molecule has 0 aliphatic carbocycles. The molecule has 0 bridgehead atoms. The van der Waals surface area contributed by atoms with E-state index in [0.717, 1.165) is 16.7 Å². The second-order valence-corrected chi connectivity index (χ2v) is 6.17. The summed E-state index contributed by atoms with van der Waals surface area (Å²) in [6, 6.07) is 15.6. The SMILES string of the molecule is Cc1cccc([C@H](CC(=O)N2CCOCC2)c2ccccc2)c1O. The van der Waals surface area contributed by atoms with E-state index in [-0.39, 0.29) is 17.6 Å². The number of nitrogens with zero attached hydrogens (tertiary/aromatic N) is 1. The second kappa shape index (κ2) is 7.49. The van der Waals surface area contributed by atoms with Crippen LogP contribution in [0.25, 0.3) is 0 Å². The summed E-state index contributed by atoms with van der Waals surface area (Å²) in [5.74, 6) is 0.232. The van der Waals surface area contributed by atoms with Gasteiger partial charge in [0, 0.05) is 31.0 Å². The van der Waals surface area contributed by atoms with E-state index in [4.69, 9.17) is 4.74 Å². The Morgan fingerprint density at radius 1 is 1.12 bits per heavy atom. The molecule has 1 aliphatic rings. The maximum atomic E-state index is 12.7. The van der Waals surface area contributed by atoms with Gasteiger partial charge in [0.1, 0.15) is 5.75 Å². The third-order valence-corrected chi connectivity index (χ3v) is 4.59. The Bertz CT molecular complexity index is 693. The number of hydrogen-bond donors (Lipinski definition) is 1. The second-order valence-electron chi connectivity index (χ2n) is 6.17. The molecule has 1 amide bonds. The summed E-state index contributed by atoms with van der Waals surface area (Å²) in [6.45, 7) is 4.35. The zero-order chi connectivity index (χ0) is 16.9. The highest BCUT2D eigenvalue weighted by molar-refractivity contribution is 5.78. The van der Waals surface area contributed by atoms with Crippen LogP contribution in [0.1, 0.15) is 29.0 Å². The number of phenolic OH excluding ortho intramolecular Hbond substituents is 1. The molecule has 4 heteroatoms. The minimum absolute atomic E-state index is 0.105. The number of ether oxygens (including phenoxy) is 1. The molecule has 24 heavy (non-hydrogen) atoms. The van der Waals surface area contributed by atoms with Crippen LogP contribution in [0.5, 0.6) is 5.75 Å². The molecule has 1 atom stereocenters. The molecule has 0 spiro atoms. The van der Waals surface area contributed by atoms with Gasteiger partial charge in [0.25, 0.3) is 0 Å². The van der Waals surface area contributed by atoms with Gasteiger partial charge in [-0.3, -0.25) is 4.79 Å². The monoisotopic (exact) mass is 325 g/mol. The van der Waals surface area contributed by atoms with Crippen LogP contribution in [0.4, 0.5) is 0 Å². The van der Waals surface area contributed by atoms with E-state index in [1.807, 2.05) is 60.4 Å². The zero-order valence-electron chi connectivity index (χ0n) is 13.9. The lowest BCUT2D eigenvalue weighted by Gasteiger charge is -2.29. The summed E-state index contributed by atoms with van der Waals surface area (Å²) in [5, 5.41) is 10.5. The lowest BCUT2D eigenvalue weighted by molar-refractivity contribution is -0.135. The Labute approximate surface area is 142 Å². The first-order valence-electron chi connectivity index (χ1n) is 8.35. The first-order chi connectivity index (χ1) is 11.7. The van der Waals surface area contributed by atoms with E-state index in [2.05, 4.69) is 0 Å². The minimum Gasteiger partial charge on any atom is -0.507 e. The van der Waals surface area contributed by atoms with Gasteiger partial charge in [0.2, 0.25) is 5.91 Å². The zero-order valence-corrected chi connectivity index (χ0v) is 13.9. The molecule has 3 rings (SSSR count). The van der Waals surface area contributed by atoms with Gasteiger partial charge in [-0.25, -0.2) is 0 Å². The largest absolute Gasteiger partial charge is 0.507 e. The van der Waals surface area contributed by atoms with Gasteiger partial charge >= 0.3 is 0 Å². The van der Waals surface area contributed by atoms with Gasteiger partial charge in [-0.15, -0.1) is 0 Å². The minimum atomic E-state index is -0.151. The van der Waals surface area contributed by atoms with Crippen molar-refractivity contribution in [3.05, 3.63) is 65.2 Å². The number of hydrogen-bond acceptors (Lipinski definition) is 3. The summed E-state index contributed by atoms with van der Waals surface area (Å²) in [6.07, 6.45) is 0.348. The molecule has 1 aliphatic heterocycles. The van der Waals surface area contributed by atoms with Crippen LogP contribution in [0.3, 0.4) is 0 Å². The van der Waals surface area contributed by atoms with Crippen LogP contribution in [-0.4, -0.2) is 42.2 Å². The molecule has 1 N–H and O–H groups in total. The molecule has 4 nitrogen and oxygen atoms in total. The number of phenols is 1. The standard InChI is InChI=1S/C20H23NO3/c1-15-6-5-9-17(20(15)23)18(16-7-3-2-4-8-16)14-19(22)21-10-12-24-13-11-21/h2-9,18,23H,10-14H2,1H3/t18-/m1/s1. The van der Waals surface area contributed by atoms with Gasteiger partial charge in [0.05, 0.1) is 13.2 Å². The average molecular weight is 325 g/mol. The van der Waals surface area contributed by atoms with Gasteiger partial charge in [-0.2, -0.15) is 0 Å². The third-order valence-electron chi connectivity index (χ3n) is 4.59. The highest BCUT2D eigenvalue weighted by Gasteiger charge is 2.25. The summed E-state index contributed by atoms with van der Waals surface area (Å²) < 4.78 is 5.33. The van der Waals surface area contributed by atoms with E-state index >= 15 is 0 Å². The quantitative estimate of drug-likeness (QED) is 0.940. The third kappa shape index (κ3) is 3.60. The van der Waals surface area contributed by atoms with Crippen molar-refractivity contribution in [2.75, 3.05) is 26.3 Å². The number of para-hydroxylation sites is 1. The van der Waals surface area contributed by atoms with E-state index < -0.39 is 0 Å². The Morgan fingerprint density at radius 3 is 2.54 bits per heavy atom. The predicted molar refractivity (Wildman–Crippen MR) is 93.1 cm³/mol. The topological polar surface area (TPSA) is 49.8 Å². The molecule has 0 unspecified atom stereocenters. The lowest BCUT2D eigenvalue weighted by atomic mass is 9.86. The van der Waals surface area contributed by atoms with Crippen LogP contribution >= 0.6 is 0 Å². The van der Waals surface area contributed by atoms with Crippen LogP contribution in [0.2, 0.25) is 0 Å². The van der Waals surface area contributed by atoms with Gasteiger partial charge in [-0.05, 0) is 18.1 Å². The van der Waals surface area contributed by atoms with Crippen molar-refractivity contribution in [2.24, 2.45) is 0 Å². The van der Waals surface area contributed by atoms with Crippen molar-refractivity contribution >= 4 is 5.91 Å². The Balaban J connectivity index is 1.91. The Hall–Kier alpha value is -2.33. The number of amides is 1. The molecular weight excluding hydrogens is 302 g/mol. The highest BCUT2D eigenvalue weighted by Crippen LogP contribution is 2.36. The Kier molecular flexibility index (Phi) is 5.16. The fourth-order valence-corrected chi connectivity index (χ4v) is 3.17. The predicted octanol–water partition coefficient (Wildman–Crippen LogP) is 3.08. The van der Waals surface area contributed by atoms with Crippen molar-refractivity contribution in [2.45, 2.75) is 19.3 Å².